The third-order valence-electron chi connectivity index (χ3n) is 3.48. The molecule has 1 aromatic rings. The Labute approximate surface area is 85.5 Å². The smallest absolute Gasteiger partial charge is 0.121 e. The number of furan rings is 1. The summed E-state index contributed by atoms with van der Waals surface area (Å²) in [6.07, 6.45) is 3.89. The molecule has 2 N–H and O–H groups in total. The molecule has 0 amide bonds. The van der Waals surface area contributed by atoms with Gasteiger partial charge in [-0.15, -0.1) is 0 Å². The normalized spacial score (nSPS) is 29.4. The van der Waals surface area contributed by atoms with Gasteiger partial charge in [-0.2, -0.15) is 0 Å². The third-order valence-corrected chi connectivity index (χ3v) is 3.48. The number of hydrogen-bond donors (Lipinski definition) is 1. The summed E-state index contributed by atoms with van der Waals surface area (Å²) in [5.74, 6) is 3.28. The zero-order valence-electron chi connectivity index (χ0n) is 8.99. The number of aryl methyl sites for hydroxylation is 1. The van der Waals surface area contributed by atoms with Crippen LogP contribution >= 0.6 is 0 Å². The molecule has 0 bridgehead atoms. The van der Waals surface area contributed by atoms with Crippen LogP contribution in [0, 0.1) is 18.8 Å². The molecule has 1 aromatic heterocycles. The Balaban J connectivity index is 2.11. The summed E-state index contributed by atoms with van der Waals surface area (Å²) in [6.45, 7) is 4.27. The van der Waals surface area contributed by atoms with Crippen molar-refractivity contribution < 1.29 is 4.42 Å². The standard InChI is InChI=1S/C12H19NO/c1-8-4-3-5-10(8)12(13)11-7-6-9(2)14-11/h6-8,10,12H,3-5,13H2,1-2H3. The Bertz CT molecular complexity index is 305. The number of hydrogen-bond acceptors (Lipinski definition) is 2. The number of rotatable bonds is 2. The molecule has 1 aliphatic rings. The SMILES string of the molecule is Cc1ccc(C(N)C2CCCC2C)o1. The van der Waals surface area contributed by atoms with Crippen molar-refractivity contribution in [2.24, 2.45) is 17.6 Å². The molecule has 2 rings (SSSR count). The lowest BCUT2D eigenvalue weighted by atomic mass is 9.89. The average molecular weight is 193 g/mol. The van der Waals surface area contributed by atoms with Crippen LogP contribution in [-0.2, 0) is 0 Å². The van der Waals surface area contributed by atoms with E-state index in [1.165, 1.54) is 19.3 Å². The van der Waals surface area contributed by atoms with Gasteiger partial charge in [0.2, 0.25) is 0 Å². The topological polar surface area (TPSA) is 39.2 Å². The molecular formula is C12H19NO. The van der Waals surface area contributed by atoms with Crippen molar-refractivity contribution in [1.29, 1.82) is 0 Å². The molecule has 0 aromatic carbocycles. The zero-order valence-corrected chi connectivity index (χ0v) is 8.99. The van der Waals surface area contributed by atoms with E-state index in [1.807, 2.05) is 19.1 Å². The maximum atomic E-state index is 6.21. The fourth-order valence-corrected chi connectivity index (χ4v) is 2.55. The molecule has 3 unspecified atom stereocenters. The second-order valence-electron chi connectivity index (χ2n) is 4.55. The molecule has 1 saturated carbocycles. The first kappa shape index (κ1) is 9.78. The van der Waals surface area contributed by atoms with E-state index in [0.29, 0.717) is 5.92 Å². The third kappa shape index (κ3) is 1.71. The minimum atomic E-state index is 0.0983. The summed E-state index contributed by atoms with van der Waals surface area (Å²) in [6, 6.07) is 4.11. The Morgan fingerprint density at radius 2 is 2.21 bits per heavy atom. The van der Waals surface area contributed by atoms with Gasteiger partial charge in [0.25, 0.3) is 0 Å². The van der Waals surface area contributed by atoms with Crippen LogP contribution in [0.25, 0.3) is 0 Å². The quantitative estimate of drug-likeness (QED) is 0.784. The summed E-state index contributed by atoms with van der Waals surface area (Å²) in [4.78, 5) is 0. The van der Waals surface area contributed by atoms with Gasteiger partial charge in [0.1, 0.15) is 11.5 Å². The Morgan fingerprint density at radius 3 is 2.71 bits per heavy atom. The molecule has 78 valence electrons. The minimum absolute atomic E-state index is 0.0983. The molecule has 0 spiro atoms. The first-order chi connectivity index (χ1) is 6.68. The van der Waals surface area contributed by atoms with Gasteiger partial charge in [0.15, 0.2) is 0 Å². The summed E-state index contributed by atoms with van der Waals surface area (Å²) < 4.78 is 5.58. The van der Waals surface area contributed by atoms with Gasteiger partial charge in [-0.05, 0) is 37.3 Å². The number of nitrogens with two attached hydrogens (primary N) is 1. The van der Waals surface area contributed by atoms with Crippen LogP contribution in [0.4, 0.5) is 0 Å². The van der Waals surface area contributed by atoms with Crippen LogP contribution in [0.1, 0.15) is 43.7 Å². The van der Waals surface area contributed by atoms with Crippen LogP contribution in [0.2, 0.25) is 0 Å². The molecular weight excluding hydrogens is 174 g/mol. The van der Waals surface area contributed by atoms with E-state index in [2.05, 4.69) is 6.92 Å². The van der Waals surface area contributed by atoms with Gasteiger partial charge < -0.3 is 10.2 Å². The van der Waals surface area contributed by atoms with Gasteiger partial charge in [-0.1, -0.05) is 19.8 Å². The first-order valence-electron chi connectivity index (χ1n) is 5.50. The molecule has 0 aliphatic heterocycles. The average Bonchev–Trinajstić information content (AvgIpc) is 2.73. The lowest BCUT2D eigenvalue weighted by Gasteiger charge is -2.21. The first-order valence-corrected chi connectivity index (χ1v) is 5.50. The second-order valence-corrected chi connectivity index (χ2v) is 4.55. The molecule has 14 heavy (non-hydrogen) atoms. The highest BCUT2D eigenvalue weighted by Crippen LogP contribution is 2.39. The van der Waals surface area contributed by atoms with Crippen LogP contribution in [0.3, 0.4) is 0 Å². The Morgan fingerprint density at radius 1 is 1.43 bits per heavy atom. The van der Waals surface area contributed by atoms with E-state index < -0.39 is 0 Å². The molecule has 0 saturated heterocycles. The molecule has 3 atom stereocenters. The van der Waals surface area contributed by atoms with E-state index in [0.717, 1.165) is 17.4 Å². The lowest BCUT2D eigenvalue weighted by molar-refractivity contribution is 0.307. The highest BCUT2D eigenvalue weighted by atomic mass is 16.3. The predicted octanol–water partition coefficient (Wildman–Crippen LogP) is 3.02. The van der Waals surface area contributed by atoms with Crippen molar-refractivity contribution in [1.82, 2.24) is 0 Å². The van der Waals surface area contributed by atoms with Crippen molar-refractivity contribution in [2.75, 3.05) is 0 Å². The Hall–Kier alpha value is -0.760. The van der Waals surface area contributed by atoms with Crippen LogP contribution in [0.5, 0.6) is 0 Å². The minimum Gasteiger partial charge on any atom is -0.465 e. The lowest BCUT2D eigenvalue weighted by Crippen LogP contribution is -2.22. The van der Waals surface area contributed by atoms with E-state index in [4.69, 9.17) is 10.2 Å². The van der Waals surface area contributed by atoms with Crippen molar-refractivity contribution in [2.45, 2.75) is 39.2 Å². The predicted molar refractivity (Wildman–Crippen MR) is 56.9 cm³/mol. The molecule has 0 radical (unpaired) electrons. The van der Waals surface area contributed by atoms with Crippen LogP contribution in [-0.4, -0.2) is 0 Å². The molecule has 2 heteroatoms. The summed E-state index contributed by atoms with van der Waals surface area (Å²) >= 11 is 0. The van der Waals surface area contributed by atoms with Gasteiger partial charge in [-0.25, -0.2) is 0 Å². The highest BCUT2D eigenvalue weighted by molar-refractivity contribution is 5.11. The van der Waals surface area contributed by atoms with E-state index in [9.17, 15) is 0 Å². The maximum Gasteiger partial charge on any atom is 0.121 e. The molecule has 1 heterocycles. The highest BCUT2D eigenvalue weighted by Gasteiger charge is 2.30. The molecule has 1 fully saturated rings. The van der Waals surface area contributed by atoms with Gasteiger partial charge in [0, 0.05) is 0 Å². The van der Waals surface area contributed by atoms with Crippen molar-refractivity contribution in [3.8, 4) is 0 Å². The fraction of sp³-hybridized carbons (Fsp3) is 0.667. The van der Waals surface area contributed by atoms with Crippen molar-refractivity contribution in [3.05, 3.63) is 23.7 Å². The summed E-state index contributed by atoms with van der Waals surface area (Å²) in [7, 11) is 0. The van der Waals surface area contributed by atoms with Crippen LogP contribution < -0.4 is 5.73 Å². The summed E-state index contributed by atoms with van der Waals surface area (Å²) in [5, 5.41) is 0. The summed E-state index contributed by atoms with van der Waals surface area (Å²) in [5.41, 5.74) is 6.21. The van der Waals surface area contributed by atoms with Gasteiger partial charge in [0.05, 0.1) is 6.04 Å². The fourth-order valence-electron chi connectivity index (χ4n) is 2.55. The maximum absolute atomic E-state index is 6.21. The van der Waals surface area contributed by atoms with Crippen LogP contribution in [0.15, 0.2) is 16.5 Å². The van der Waals surface area contributed by atoms with Gasteiger partial charge >= 0.3 is 0 Å². The Kier molecular flexibility index (Phi) is 2.64. The van der Waals surface area contributed by atoms with E-state index in [-0.39, 0.29) is 6.04 Å². The zero-order chi connectivity index (χ0) is 10.1. The van der Waals surface area contributed by atoms with Gasteiger partial charge in [-0.3, -0.25) is 0 Å². The largest absolute Gasteiger partial charge is 0.465 e. The molecule has 2 nitrogen and oxygen atoms in total. The second kappa shape index (κ2) is 3.77. The molecule has 1 aliphatic carbocycles. The van der Waals surface area contributed by atoms with E-state index >= 15 is 0 Å². The monoisotopic (exact) mass is 193 g/mol. The van der Waals surface area contributed by atoms with Crippen molar-refractivity contribution in [3.63, 3.8) is 0 Å². The van der Waals surface area contributed by atoms with E-state index in [1.54, 1.807) is 0 Å². The van der Waals surface area contributed by atoms with Crippen molar-refractivity contribution >= 4 is 0 Å².